The standard InChI is InChI=1S/C11H17NO4S/c1-6(13)12-7(5-9(12)14)11-10(15)8(17-2)3-4-16-11/h6-8,11,13H,3-5H2,1-2H3/t6-,7?,8-,11+/m0/s1. The Morgan fingerprint density at radius 3 is 2.76 bits per heavy atom. The van der Waals surface area contributed by atoms with Crippen LogP contribution in [0, 0.1) is 0 Å². The predicted octanol–water partition coefficient (Wildman–Crippen LogP) is 0.0152. The van der Waals surface area contributed by atoms with Crippen molar-refractivity contribution in [1.82, 2.24) is 4.90 Å². The van der Waals surface area contributed by atoms with E-state index in [-0.39, 0.29) is 23.0 Å². The molecule has 0 bridgehead atoms. The summed E-state index contributed by atoms with van der Waals surface area (Å²) in [5, 5.41) is 9.44. The summed E-state index contributed by atoms with van der Waals surface area (Å²) in [6, 6.07) is -0.287. The molecule has 0 spiro atoms. The maximum atomic E-state index is 12.1. The van der Waals surface area contributed by atoms with E-state index in [0.717, 1.165) is 6.42 Å². The summed E-state index contributed by atoms with van der Waals surface area (Å²) in [6.07, 6.45) is 1.51. The summed E-state index contributed by atoms with van der Waals surface area (Å²) in [4.78, 5) is 24.8. The molecule has 0 radical (unpaired) electrons. The number of carbonyl (C=O) groups excluding carboxylic acids is 2. The highest BCUT2D eigenvalue weighted by Gasteiger charge is 2.49. The zero-order valence-corrected chi connectivity index (χ0v) is 10.8. The van der Waals surface area contributed by atoms with Gasteiger partial charge in [0, 0.05) is 6.61 Å². The molecule has 96 valence electrons. The molecule has 1 N–H and O–H groups in total. The third-order valence-corrected chi connectivity index (χ3v) is 4.38. The zero-order chi connectivity index (χ0) is 12.6. The molecule has 2 fully saturated rings. The Hall–Kier alpha value is -0.590. The number of Topliss-reactive ketones (excluding diaryl/α,β-unsaturated/α-hetero) is 1. The molecule has 5 nitrogen and oxygen atoms in total. The number of carbonyl (C=O) groups is 2. The second-order valence-electron chi connectivity index (χ2n) is 4.41. The van der Waals surface area contributed by atoms with Crippen LogP contribution >= 0.6 is 11.8 Å². The third-order valence-electron chi connectivity index (χ3n) is 3.34. The lowest BCUT2D eigenvalue weighted by molar-refractivity contribution is -0.177. The summed E-state index contributed by atoms with van der Waals surface area (Å²) < 4.78 is 5.49. The van der Waals surface area contributed by atoms with E-state index in [4.69, 9.17) is 4.74 Å². The fourth-order valence-corrected chi connectivity index (χ4v) is 3.14. The largest absolute Gasteiger partial charge is 0.374 e. The molecular formula is C11H17NO4S. The number of ether oxygens (including phenoxy) is 1. The lowest BCUT2D eigenvalue weighted by Crippen LogP contribution is -2.65. The van der Waals surface area contributed by atoms with Gasteiger partial charge in [-0.25, -0.2) is 0 Å². The van der Waals surface area contributed by atoms with Gasteiger partial charge in [-0.3, -0.25) is 9.59 Å². The smallest absolute Gasteiger partial charge is 0.227 e. The normalized spacial score (nSPS) is 35.7. The van der Waals surface area contributed by atoms with E-state index >= 15 is 0 Å². The fourth-order valence-electron chi connectivity index (χ4n) is 2.44. The minimum absolute atomic E-state index is 0.0414. The van der Waals surface area contributed by atoms with Crippen molar-refractivity contribution < 1.29 is 19.4 Å². The Kier molecular flexibility index (Phi) is 3.75. The van der Waals surface area contributed by atoms with Crippen LogP contribution in [0.2, 0.25) is 0 Å². The van der Waals surface area contributed by atoms with Crippen LogP contribution in [0.3, 0.4) is 0 Å². The fraction of sp³-hybridized carbons (Fsp3) is 0.818. The van der Waals surface area contributed by atoms with Crippen molar-refractivity contribution in [2.45, 2.75) is 43.4 Å². The van der Waals surface area contributed by atoms with Crippen LogP contribution < -0.4 is 0 Å². The number of likely N-dealkylation sites (tertiary alicyclic amines) is 1. The second kappa shape index (κ2) is 4.96. The van der Waals surface area contributed by atoms with E-state index in [1.54, 1.807) is 0 Å². The number of hydrogen-bond acceptors (Lipinski definition) is 5. The van der Waals surface area contributed by atoms with Crippen LogP contribution in [0.4, 0.5) is 0 Å². The maximum absolute atomic E-state index is 12.1. The first-order chi connectivity index (χ1) is 8.06. The third kappa shape index (κ3) is 2.21. The van der Waals surface area contributed by atoms with Crippen LogP contribution in [0.15, 0.2) is 0 Å². The Balaban J connectivity index is 2.07. The van der Waals surface area contributed by atoms with Crippen molar-refractivity contribution in [3.8, 4) is 0 Å². The van der Waals surface area contributed by atoms with E-state index in [1.165, 1.54) is 23.6 Å². The van der Waals surface area contributed by atoms with Crippen molar-refractivity contribution in [2.75, 3.05) is 12.9 Å². The van der Waals surface area contributed by atoms with Gasteiger partial charge in [-0.05, 0) is 19.6 Å². The molecule has 2 rings (SSSR count). The first-order valence-corrected chi connectivity index (χ1v) is 7.02. The lowest BCUT2D eigenvalue weighted by Gasteiger charge is -2.47. The van der Waals surface area contributed by atoms with E-state index in [9.17, 15) is 14.7 Å². The number of amides is 1. The molecule has 1 amide bonds. The number of β-lactam (4-membered cyclic amide) rings is 1. The van der Waals surface area contributed by atoms with Crippen molar-refractivity contribution in [3.05, 3.63) is 0 Å². The minimum atomic E-state index is -0.854. The molecular weight excluding hydrogens is 242 g/mol. The van der Waals surface area contributed by atoms with E-state index in [1.807, 2.05) is 6.26 Å². The molecule has 6 heteroatoms. The van der Waals surface area contributed by atoms with Crippen molar-refractivity contribution in [2.24, 2.45) is 0 Å². The molecule has 0 aromatic rings. The predicted molar refractivity (Wildman–Crippen MR) is 63.6 cm³/mol. The molecule has 0 aromatic carbocycles. The molecule has 2 aliphatic rings. The maximum Gasteiger partial charge on any atom is 0.227 e. The van der Waals surface area contributed by atoms with Gasteiger partial charge in [0.15, 0.2) is 5.78 Å². The highest BCUT2D eigenvalue weighted by molar-refractivity contribution is 7.99. The van der Waals surface area contributed by atoms with Crippen LogP contribution in [0.25, 0.3) is 0 Å². The van der Waals surface area contributed by atoms with E-state index in [2.05, 4.69) is 0 Å². The summed E-state index contributed by atoms with van der Waals surface area (Å²) in [5.74, 6) is -0.0698. The molecule has 0 aromatic heterocycles. The quantitative estimate of drug-likeness (QED) is 0.724. The van der Waals surface area contributed by atoms with Crippen LogP contribution in [0.5, 0.6) is 0 Å². The monoisotopic (exact) mass is 259 g/mol. The Bertz CT molecular complexity index is 333. The summed E-state index contributed by atoms with van der Waals surface area (Å²) in [5.41, 5.74) is 0. The number of rotatable bonds is 3. The highest BCUT2D eigenvalue weighted by Crippen LogP contribution is 2.31. The Morgan fingerprint density at radius 2 is 2.24 bits per heavy atom. The minimum Gasteiger partial charge on any atom is -0.374 e. The lowest BCUT2D eigenvalue weighted by atomic mass is 9.90. The number of nitrogens with zero attached hydrogens (tertiary/aromatic N) is 1. The topological polar surface area (TPSA) is 66.8 Å². The first kappa shape index (κ1) is 12.9. The molecule has 2 saturated heterocycles. The molecule has 17 heavy (non-hydrogen) atoms. The number of ketones is 1. The van der Waals surface area contributed by atoms with Gasteiger partial charge in [0.05, 0.1) is 17.7 Å². The summed E-state index contributed by atoms with van der Waals surface area (Å²) in [7, 11) is 0. The molecule has 1 unspecified atom stereocenters. The average molecular weight is 259 g/mol. The number of aliphatic hydroxyl groups excluding tert-OH is 1. The van der Waals surface area contributed by atoms with Crippen LogP contribution in [-0.2, 0) is 14.3 Å². The number of hydrogen-bond donors (Lipinski definition) is 1. The van der Waals surface area contributed by atoms with Gasteiger partial charge in [-0.2, -0.15) is 11.8 Å². The number of thioether (sulfide) groups is 1. The van der Waals surface area contributed by atoms with Gasteiger partial charge < -0.3 is 14.7 Å². The Morgan fingerprint density at radius 1 is 1.53 bits per heavy atom. The molecule has 4 atom stereocenters. The van der Waals surface area contributed by atoms with Crippen molar-refractivity contribution in [3.63, 3.8) is 0 Å². The van der Waals surface area contributed by atoms with Crippen molar-refractivity contribution in [1.29, 1.82) is 0 Å². The van der Waals surface area contributed by atoms with Gasteiger partial charge in [0.2, 0.25) is 5.91 Å². The molecule has 0 saturated carbocycles. The van der Waals surface area contributed by atoms with Gasteiger partial charge in [-0.15, -0.1) is 0 Å². The van der Waals surface area contributed by atoms with E-state index in [0.29, 0.717) is 13.0 Å². The van der Waals surface area contributed by atoms with Gasteiger partial charge in [0.1, 0.15) is 12.3 Å². The molecule has 0 aliphatic carbocycles. The van der Waals surface area contributed by atoms with Crippen molar-refractivity contribution >= 4 is 23.5 Å². The molecule has 2 heterocycles. The second-order valence-corrected chi connectivity index (χ2v) is 5.45. The summed E-state index contributed by atoms with van der Waals surface area (Å²) >= 11 is 1.52. The summed E-state index contributed by atoms with van der Waals surface area (Å²) in [6.45, 7) is 2.07. The van der Waals surface area contributed by atoms with Gasteiger partial charge in [0.25, 0.3) is 0 Å². The van der Waals surface area contributed by atoms with E-state index < -0.39 is 12.3 Å². The first-order valence-electron chi connectivity index (χ1n) is 5.73. The van der Waals surface area contributed by atoms with Crippen LogP contribution in [0.1, 0.15) is 19.8 Å². The molecule has 2 aliphatic heterocycles. The van der Waals surface area contributed by atoms with Gasteiger partial charge >= 0.3 is 0 Å². The van der Waals surface area contributed by atoms with Gasteiger partial charge in [-0.1, -0.05) is 0 Å². The SMILES string of the molecule is CS[C@H]1CCO[C@H](C2CC(=O)N2[C@H](C)O)C1=O. The average Bonchev–Trinajstić information content (AvgIpc) is 2.25. The van der Waals surface area contributed by atoms with Crippen LogP contribution in [-0.4, -0.2) is 58.2 Å². The number of aliphatic hydroxyl groups is 1. The Labute approximate surface area is 104 Å². The highest BCUT2D eigenvalue weighted by atomic mass is 32.2. The zero-order valence-electron chi connectivity index (χ0n) is 9.96.